The van der Waals surface area contributed by atoms with Gasteiger partial charge in [0.2, 0.25) is 0 Å². The van der Waals surface area contributed by atoms with E-state index in [4.69, 9.17) is 47.4 Å². The molecule has 12 nitrogen and oxygen atoms in total. The van der Waals surface area contributed by atoms with Crippen LogP contribution in [0.1, 0.15) is 20.7 Å². The van der Waals surface area contributed by atoms with E-state index in [1.165, 1.54) is 0 Å². The molecule has 0 spiro atoms. The minimum Gasteiger partial charge on any atom is -0.491 e. The van der Waals surface area contributed by atoms with Gasteiger partial charge < -0.3 is 47.4 Å². The van der Waals surface area contributed by atoms with Crippen LogP contribution in [-0.4, -0.2) is 118 Å². The molecule has 3 aromatic carbocycles. The van der Waals surface area contributed by atoms with Gasteiger partial charge in [-0.1, -0.05) is 24.3 Å². The minimum atomic E-state index is 0.357. The Kier molecular flexibility index (Phi) is 20.8. The summed E-state index contributed by atoms with van der Waals surface area (Å²) in [4.78, 5) is 22.0. The van der Waals surface area contributed by atoms with Gasteiger partial charge in [-0.05, 0) is 48.5 Å². The molecule has 0 saturated carbocycles. The van der Waals surface area contributed by atoms with E-state index in [-0.39, 0.29) is 0 Å². The summed E-state index contributed by atoms with van der Waals surface area (Å²) in [5, 5.41) is 0. The highest BCUT2D eigenvalue weighted by molar-refractivity contribution is 5.79. The lowest BCUT2D eigenvalue weighted by Crippen LogP contribution is -2.14. The van der Waals surface area contributed by atoms with Crippen molar-refractivity contribution >= 4 is 12.6 Å². The maximum Gasteiger partial charge on any atom is 0.153 e. The Morgan fingerprint density at radius 1 is 0.333 bits per heavy atom. The molecule has 3 aromatic rings. The second-order valence-electron chi connectivity index (χ2n) is 9.85. The Balaban J connectivity index is 1.03. The number of carbonyl (C=O) groups excluding carboxylic acids is 2. The predicted molar refractivity (Wildman–Crippen MR) is 177 cm³/mol. The van der Waals surface area contributed by atoms with Crippen LogP contribution in [0.2, 0.25) is 0 Å². The molecular weight excluding hydrogens is 624 g/mol. The average molecular weight is 671 g/mol. The van der Waals surface area contributed by atoms with Crippen LogP contribution in [0.3, 0.4) is 0 Å². The molecule has 0 fully saturated rings. The van der Waals surface area contributed by atoms with Gasteiger partial charge in [-0.25, -0.2) is 0 Å². The Labute approximate surface area is 282 Å². The summed E-state index contributed by atoms with van der Waals surface area (Å²) in [5.74, 6) is 2.56. The first-order valence-corrected chi connectivity index (χ1v) is 16.0. The first kappa shape index (κ1) is 38.4. The summed E-state index contributed by atoms with van der Waals surface area (Å²) in [7, 11) is 0. The maximum atomic E-state index is 11.0. The Morgan fingerprint density at radius 2 is 0.604 bits per heavy atom. The number of hydrogen-bond donors (Lipinski definition) is 0. The molecule has 48 heavy (non-hydrogen) atoms. The number of benzene rings is 3. The van der Waals surface area contributed by atoms with Crippen molar-refractivity contribution in [2.24, 2.45) is 0 Å². The van der Waals surface area contributed by atoms with Crippen molar-refractivity contribution in [2.75, 3.05) is 106 Å². The first-order chi connectivity index (χ1) is 23.8. The third-order valence-corrected chi connectivity index (χ3v) is 6.37. The average Bonchev–Trinajstić information content (AvgIpc) is 3.13. The van der Waals surface area contributed by atoms with E-state index in [2.05, 4.69) is 0 Å². The lowest BCUT2D eigenvalue weighted by molar-refractivity contribution is 0.00481. The summed E-state index contributed by atoms with van der Waals surface area (Å²) in [6, 6.07) is 21.5. The van der Waals surface area contributed by atoms with E-state index in [1.807, 2.05) is 36.4 Å². The second kappa shape index (κ2) is 26.0. The summed E-state index contributed by atoms with van der Waals surface area (Å²) in [6.45, 7) is 6.89. The first-order valence-electron chi connectivity index (χ1n) is 16.0. The Hall–Kier alpha value is -4.04. The summed E-state index contributed by atoms with van der Waals surface area (Å²) < 4.78 is 55.5. The van der Waals surface area contributed by atoms with Crippen molar-refractivity contribution in [2.45, 2.75) is 0 Å². The molecule has 12 heteroatoms. The summed E-state index contributed by atoms with van der Waals surface area (Å²) in [5.41, 5.74) is 1.04. The van der Waals surface area contributed by atoms with E-state index in [0.29, 0.717) is 128 Å². The van der Waals surface area contributed by atoms with Crippen LogP contribution in [0.4, 0.5) is 0 Å². The summed E-state index contributed by atoms with van der Waals surface area (Å²) >= 11 is 0. The van der Waals surface area contributed by atoms with Crippen LogP contribution in [0, 0.1) is 0 Å². The molecular formula is C36H46O12. The van der Waals surface area contributed by atoms with Crippen LogP contribution >= 0.6 is 0 Å². The van der Waals surface area contributed by atoms with Gasteiger partial charge in [-0.3, -0.25) is 9.59 Å². The Bertz CT molecular complexity index is 1160. The van der Waals surface area contributed by atoms with Gasteiger partial charge in [0.15, 0.2) is 12.6 Å². The van der Waals surface area contributed by atoms with Crippen molar-refractivity contribution < 1.29 is 57.0 Å². The zero-order chi connectivity index (χ0) is 33.7. The number of carbonyl (C=O) groups is 2. The zero-order valence-corrected chi connectivity index (χ0v) is 27.3. The van der Waals surface area contributed by atoms with Gasteiger partial charge in [-0.15, -0.1) is 0 Å². The molecule has 0 N–H and O–H groups in total. The fourth-order valence-corrected chi connectivity index (χ4v) is 3.99. The maximum absolute atomic E-state index is 11.0. The van der Waals surface area contributed by atoms with E-state index >= 15 is 0 Å². The molecule has 0 aliphatic carbocycles. The molecule has 262 valence electrons. The molecule has 3 rings (SSSR count). The van der Waals surface area contributed by atoms with Gasteiger partial charge in [0.05, 0.1) is 90.4 Å². The minimum absolute atomic E-state index is 0.357. The van der Waals surface area contributed by atoms with Gasteiger partial charge in [0.1, 0.15) is 49.4 Å². The van der Waals surface area contributed by atoms with Gasteiger partial charge in [0.25, 0.3) is 0 Å². The molecule has 0 aliphatic heterocycles. The molecule has 0 atom stereocenters. The second-order valence-corrected chi connectivity index (χ2v) is 9.85. The largest absolute Gasteiger partial charge is 0.491 e. The number of rotatable bonds is 30. The highest BCUT2D eigenvalue weighted by Crippen LogP contribution is 2.18. The van der Waals surface area contributed by atoms with Gasteiger partial charge in [-0.2, -0.15) is 0 Å². The molecule has 0 unspecified atom stereocenters. The van der Waals surface area contributed by atoms with E-state index in [9.17, 15) is 9.59 Å². The SMILES string of the molecule is O=Cc1ccccc1OCCOCCOCCOCCOc1ccc(OCCOCCOCCOCCOc2ccccc2C=O)cc1. The third-order valence-electron chi connectivity index (χ3n) is 6.37. The molecule has 0 bridgehead atoms. The van der Waals surface area contributed by atoms with E-state index < -0.39 is 0 Å². The fraction of sp³-hybridized carbons (Fsp3) is 0.444. The number of aldehydes is 2. The standard InChI is InChI=1S/C36H46O12/c37-29-31-5-1-3-7-35(31)47-27-23-43-19-15-39-13-17-41-21-25-45-33-9-11-34(12-10-33)46-26-22-42-18-14-40-16-20-44-24-28-48-36-8-4-2-6-32(36)30-38/h1-12,29-30H,13-28H2. The molecule has 0 aliphatic rings. The summed E-state index contributed by atoms with van der Waals surface area (Å²) in [6.07, 6.45) is 1.54. The quantitative estimate of drug-likeness (QED) is 0.0741. The normalized spacial score (nSPS) is 10.8. The molecule has 0 saturated heterocycles. The fourth-order valence-electron chi connectivity index (χ4n) is 3.99. The van der Waals surface area contributed by atoms with Crippen molar-refractivity contribution in [1.82, 2.24) is 0 Å². The van der Waals surface area contributed by atoms with Gasteiger partial charge >= 0.3 is 0 Å². The van der Waals surface area contributed by atoms with Crippen LogP contribution < -0.4 is 18.9 Å². The number of para-hydroxylation sites is 2. The van der Waals surface area contributed by atoms with Crippen LogP contribution in [-0.2, 0) is 28.4 Å². The highest BCUT2D eigenvalue weighted by atomic mass is 16.6. The zero-order valence-electron chi connectivity index (χ0n) is 27.3. The lowest BCUT2D eigenvalue weighted by Gasteiger charge is -2.10. The van der Waals surface area contributed by atoms with Crippen LogP contribution in [0.15, 0.2) is 72.8 Å². The topological polar surface area (TPSA) is 126 Å². The monoisotopic (exact) mass is 670 g/mol. The van der Waals surface area contributed by atoms with Crippen LogP contribution in [0.5, 0.6) is 23.0 Å². The number of hydrogen-bond acceptors (Lipinski definition) is 12. The van der Waals surface area contributed by atoms with Gasteiger partial charge in [0, 0.05) is 0 Å². The third kappa shape index (κ3) is 17.2. The van der Waals surface area contributed by atoms with Crippen molar-refractivity contribution in [1.29, 1.82) is 0 Å². The van der Waals surface area contributed by atoms with Crippen LogP contribution in [0.25, 0.3) is 0 Å². The smallest absolute Gasteiger partial charge is 0.153 e. The molecule has 0 radical (unpaired) electrons. The molecule has 0 aromatic heterocycles. The Morgan fingerprint density at radius 3 is 0.917 bits per heavy atom. The van der Waals surface area contributed by atoms with E-state index in [1.54, 1.807) is 36.4 Å². The van der Waals surface area contributed by atoms with E-state index in [0.717, 1.165) is 24.1 Å². The van der Waals surface area contributed by atoms with Crippen molar-refractivity contribution in [3.05, 3.63) is 83.9 Å². The molecule has 0 amide bonds. The lowest BCUT2D eigenvalue weighted by atomic mass is 10.2. The van der Waals surface area contributed by atoms with Crippen molar-refractivity contribution in [3.63, 3.8) is 0 Å². The predicted octanol–water partition coefficient (Wildman–Crippen LogP) is 4.33. The highest BCUT2D eigenvalue weighted by Gasteiger charge is 2.03. The number of ether oxygens (including phenoxy) is 10. The molecule has 0 heterocycles. The van der Waals surface area contributed by atoms with Crippen molar-refractivity contribution in [3.8, 4) is 23.0 Å².